The number of ether oxygens (including phenoxy) is 2. The second-order valence-corrected chi connectivity index (χ2v) is 7.75. The van der Waals surface area contributed by atoms with Crippen molar-refractivity contribution in [3.63, 3.8) is 0 Å². The standard InChI is InChI=1S/C21H29N5O3/c1-12(2)9-26-17(27)11-25(20-18(26)21(29-7)24-15(5)23-20)10-16-14(4)19(28-6)13(3)8-22-16/h8,12H,9-11H2,1-7H3. The van der Waals surface area contributed by atoms with Crippen molar-refractivity contribution in [2.75, 3.05) is 37.1 Å². The molecule has 8 nitrogen and oxygen atoms in total. The second kappa shape index (κ2) is 8.23. The molecule has 0 atom stereocenters. The summed E-state index contributed by atoms with van der Waals surface area (Å²) >= 11 is 0. The first-order valence-corrected chi connectivity index (χ1v) is 9.73. The van der Waals surface area contributed by atoms with E-state index < -0.39 is 0 Å². The lowest BCUT2D eigenvalue weighted by Gasteiger charge is -2.37. The predicted octanol–water partition coefficient (Wildman–Crippen LogP) is 2.82. The van der Waals surface area contributed by atoms with Crippen LogP contribution in [0.25, 0.3) is 0 Å². The predicted molar refractivity (Wildman–Crippen MR) is 112 cm³/mol. The Morgan fingerprint density at radius 3 is 2.48 bits per heavy atom. The van der Waals surface area contributed by atoms with E-state index in [1.807, 2.05) is 25.7 Å². The van der Waals surface area contributed by atoms with Crippen molar-refractivity contribution in [1.82, 2.24) is 15.0 Å². The summed E-state index contributed by atoms with van der Waals surface area (Å²) in [6.07, 6.45) is 1.80. The van der Waals surface area contributed by atoms with E-state index in [4.69, 9.17) is 9.47 Å². The smallest absolute Gasteiger partial charge is 0.246 e. The van der Waals surface area contributed by atoms with Crippen LogP contribution in [0.2, 0.25) is 0 Å². The second-order valence-electron chi connectivity index (χ2n) is 7.75. The number of carbonyl (C=O) groups is 1. The summed E-state index contributed by atoms with van der Waals surface area (Å²) in [5, 5.41) is 0. The van der Waals surface area contributed by atoms with Gasteiger partial charge in [0.1, 0.15) is 17.3 Å². The third-order valence-electron chi connectivity index (χ3n) is 4.97. The Labute approximate surface area is 171 Å². The van der Waals surface area contributed by atoms with Crippen molar-refractivity contribution in [3.05, 3.63) is 28.8 Å². The lowest BCUT2D eigenvalue weighted by Crippen LogP contribution is -2.47. The summed E-state index contributed by atoms with van der Waals surface area (Å²) in [7, 11) is 3.22. The van der Waals surface area contributed by atoms with Crippen LogP contribution in [-0.2, 0) is 11.3 Å². The van der Waals surface area contributed by atoms with Crippen LogP contribution in [0.1, 0.15) is 36.5 Å². The highest BCUT2D eigenvalue weighted by Gasteiger charge is 2.35. The number of nitrogens with zero attached hydrogens (tertiary/aromatic N) is 5. The van der Waals surface area contributed by atoms with Crippen LogP contribution in [0.3, 0.4) is 0 Å². The lowest BCUT2D eigenvalue weighted by molar-refractivity contribution is -0.117. The average molecular weight is 399 g/mol. The molecule has 0 saturated carbocycles. The summed E-state index contributed by atoms with van der Waals surface area (Å²) in [6, 6.07) is 0. The van der Waals surface area contributed by atoms with Gasteiger partial charge in [-0.3, -0.25) is 9.78 Å². The summed E-state index contributed by atoms with van der Waals surface area (Å²) in [5.41, 5.74) is 3.41. The first kappa shape index (κ1) is 20.8. The van der Waals surface area contributed by atoms with E-state index in [2.05, 4.69) is 28.8 Å². The van der Waals surface area contributed by atoms with Gasteiger partial charge < -0.3 is 19.3 Å². The number of aromatic nitrogens is 3. The van der Waals surface area contributed by atoms with Crippen molar-refractivity contribution in [2.24, 2.45) is 5.92 Å². The quantitative estimate of drug-likeness (QED) is 0.739. The van der Waals surface area contributed by atoms with E-state index in [0.29, 0.717) is 42.2 Å². The van der Waals surface area contributed by atoms with Crippen LogP contribution in [0.15, 0.2) is 6.20 Å². The van der Waals surface area contributed by atoms with Gasteiger partial charge in [0, 0.05) is 23.9 Å². The molecule has 0 fully saturated rings. The molecule has 0 radical (unpaired) electrons. The third kappa shape index (κ3) is 3.97. The van der Waals surface area contributed by atoms with Gasteiger partial charge in [-0.05, 0) is 26.7 Å². The van der Waals surface area contributed by atoms with Gasteiger partial charge in [-0.2, -0.15) is 4.98 Å². The first-order chi connectivity index (χ1) is 13.8. The number of pyridine rings is 1. The molecule has 2 aromatic rings. The Bertz CT molecular complexity index is 929. The summed E-state index contributed by atoms with van der Waals surface area (Å²) < 4.78 is 11.1. The fraction of sp³-hybridized carbons (Fsp3) is 0.524. The lowest BCUT2D eigenvalue weighted by atomic mass is 10.1. The average Bonchev–Trinajstić information content (AvgIpc) is 2.66. The van der Waals surface area contributed by atoms with Crippen molar-refractivity contribution in [1.29, 1.82) is 0 Å². The van der Waals surface area contributed by atoms with E-state index in [0.717, 1.165) is 22.6 Å². The molecule has 0 unspecified atom stereocenters. The molecule has 0 aliphatic carbocycles. The van der Waals surface area contributed by atoms with Gasteiger partial charge >= 0.3 is 0 Å². The van der Waals surface area contributed by atoms with E-state index in [1.54, 1.807) is 25.3 Å². The number of fused-ring (bicyclic) bond motifs is 1. The van der Waals surface area contributed by atoms with Gasteiger partial charge in [0.15, 0.2) is 5.82 Å². The van der Waals surface area contributed by atoms with Crippen LogP contribution >= 0.6 is 0 Å². The van der Waals surface area contributed by atoms with Gasteiger partial charge in [-0.1, -0.05) is 13.8 Å². The highest BCUT2D eigenvalue weighted by molar-refractivity contribution is 6.03. The molecule has 0 N–H and O–H groups in total. The number of amides is 1. The fourth-order valence-corrected chi connectivity index (χ4v) is 3.67. The maximum atomic E-state index is 13.0. The van der Waals surface area contributed by atoms with Crippen LogP contribution in [-0.4, -0.2) is 48.2 Å². The minimum absolute atomic E-state index is 0.00585. The topological polar surface area (TPSA) is 80.7 Å². The molecule has 29 heavy (non-hydrogen) atoms. The van der Waals surface area contributed by atoms with E-state index in [-0.39, 0.29) is 12.5 Å². The molecule has 0 bridgehead atoms. The maximum Gasteiger partial charge on any atom is 0.246 e. The molecule has 3 rings (SSSR count). The number of hydrogen-bond donors (Lipinski definition) is 0. The molecule has 0 spiro atoms. The molecular formula is C21H29N5O3. The minimum atomic E-state index is -0.00585. The third-order valence-corrected chi connectivity index (χ3v) is 4.97. The monoisotopic (exact) mass is 399 g/mol. The zero-order valence-corrected chi connectivity index (χ0v) is 18.2. The van der Waals surface area contributed by atoms with Crippen molar-refractivity contribution < 1.29 is 14.3 Å². The molecule has 1 aliphatic rings. The van der Waals surface area contributed by atoms with Crippen LogP contribution in [0.5, 0.6) is 11.6 Å². The molecular weight excluding hydrogens is 370 g/mol. The summed E-state index contributed by atoms with van der Waals surface area (Å²) in [6.45, 7) is 11.2. The van der Waals surface area contributed by atoms with Gasteiger partial charge in [0.2, 0.25) is 11.8 Å². The van der Waals surface area contributed by atoms with E-state index in [1.165, 1.54) is 0 Å². The van der Waals surface area contributed by atoms with Crippen molar-refractivity contribution >= 4 is 17.4 Å². The zero-order valence-electron chi connectivity index (χ0n) is 18.2. The molecule has 8 heteroatoms. The molecule has 1 amide bonds. The van der Waals surface area contributed by atoms with Gasteiger partial charge in [0.25, 0.3) is 0 Å². The highest BCUT2D eigenvalue weighted by Crippen LogP contribution is 2.40. The van der Waals surface area contributed by atoms with Crippen molar-refractivity contribution in [2.45, 2.75) is 41.2 Å². The van der Waals surface area contributed by atoms with Crippen molar-refractivity contribution in [3.8, 4) is 11.6 Å². The molecule has 0 aromatic carbocycles. The normalized spacial score (nSPS) is 13.7. The summed E-state index contributed by atoms with van der Waals surface area (Å²) in [5.74, 6) is 2.81. The number of methoxy groups -OCH3 is 2. The number of carbonyl (C=O) groups excluding carboxylic acids is 1. The van der Waals surface area contributed by atoms with E-state index in [9.17, 15) is 4.79 Å². The largest absolute Gasteiger partial charge is 0.496 e. The zero-order chi connectivity index (χ0) is 21.3. The van der Waals surface area contributed by atoms with Gasteiger partial charge in [0.05, 0.1) is 33.0 Å². The van der Waals surface area contributed by atoms with Gasteiger partial charge in [-0.25, -0.2) is 4.98 Å². The highest BCUT2D eigenvalue weighted by atomic mass is 16.5. The Balaban J connectivity index is 2.08. The molecule has 1 aliphatic heterocycles. The molecule has 156 valence electrons. The maximum absolute atomic E-state index is 13.0. The molecule has 0 saturated heterocycles. The van der Waals surface area contributed by atoms with E-state index >= 15 is 0 Å². The molecule has 2 aromatic heterocycles. The van der Waals surface area contributed by atoms with Crippen LogP contribution < -0.4 is 19.3 Å². The number of rotatable bonds is 6. The SMILES string of the molecule is COc1nc(C)nc2c1N(CC(C)C)C(=O)CN2Cc1ncc(C)c(OC)c1C. The number of aryl methyl sites for hydroxylation is 2. The van der Waals surface area contributed by atoms with Gasteiger partial charge in [-0.15, -0.1) is 0 Å². The minimum Gasteiger partial charge on any atom is -0.496 e. The Kier molecular flexibility index (Phi) is 5.91. The summed E-state index contributed by atoms with van der Waals surface area (Å²) in [4.78, 5) is 30.4. The fourth-order valence-electron chi connectivity index (χ4n) is 3.67. The Morgan fingerprint density at radius 1 is 1.14 bits per heavy atom. The van der Waals surface area contributed by atoms with Crippen LogP contribution in [0.4, 0.5) is 11.5 Å². The Morgan fingerprint density at radius 2 is 1.86 bits per heavy atom. The number of hydrogen-bond acceptors (Lipinski definition) is 7. The first-order valence-electron chi connectivity index (χ1n) is 9.73. The van der Waals surface area contributed by atoms with Crippen LogP contribution in [0, 0.1) is 26.7 Å². The Hall–Kier alpha value is -2.90. The number of anilines is 2. The molecule has 3 heterocycles.